The molecular formula is C20H34N2O2S. The molecular weight excluding hydrogens is 332 g/mol. The lowest BCUT2D eigenvalue weighted by Crippen LogP contribution is -2.32. The third-order valence-electron chi connectivity index (χ3n) is 3.64. The van der Waals surface area contributed by atoms with Crippen LogP contribution in [-0.4, -0.2) is 23.6 Å². The molecule has 0 radical (unpaired) electrons. The standard InChI is InChI=1S/C20H34N2O2S/c1-3-4-13-16-21-20(24)15-12-10-8-6-5-7-9-11-14-19(17-25)22-18(2)23/h3,11,13-14,16,19,25H,1,4-10,12,15,17H2,2H3,(H,21,24)(H,22,23)/b14-11+,16-13+. The molecule has 0 aliphatic heterocycles. The van der Waals surface area contributed by atoms with E-state index >= 15 is 0 Å². The molecule has 1 unspecified atom stereocenters. The predicted molar refractivity (Wildman–Crippen MR) is 110 cm³/mol. The molecule has 4 nitrogen and oxygen atoms in total. The molecule has 0 heterocycles. The second kappa shape index (κ2) is 17.3. The average molecular weight is 367 g/mol. The zero-order chi connectivity index (χ0) is 18.8. The fraction of sp³-hybridized carbons (Fsp3) is 0.600. The number of thiol groups is 1. The Morgan fingerprint density at radius 2 is 1.76 bits per heavy atom. The fourth-order valence-corrected chi connectivity index (χ4v) is 2.53. The minimum absolute atomic E-state index is 0.0230. The van der Waals surface area contributed by atoms with Gasteiger partial charge in [0.1, 0.15) is 0 Å². The summed E-state index contributed by atoms with van der Waals surface area (Å²) in [5.41, 5.74) is 0. The molecule has 2 amide bonds. The van der Waals surface area contributed by atoms with E-state index in [9.17, 15) is 9.59 Å². The first-order valence-electron chi connectivity index (χ1n) is 9.20. The summed E-state index contributed by atoms with van der Waals surface area (Å²) >= 11 is 4.22. The molecule has 25 heavy (non-hydrogen) atoms. The van der Waals surface area contributed by atoms with Crippen molar-refractivity contribution in [2.75, 3.05) is 5.75 Å². The molecule has 1 atom stereocenters. The summed E-state index contributed by atoms with van der Waals surface area (Å²) < 4.78 is 0. The molecule has 142 valence electrons. The smallest absolute Gasteiger partial charge is 0.223 e. The number of unbranched alkanes of at least 4 members (excludes halogenated alkanes) is 6. The molecule has 0 saturated carbocycles. The van der Waals surface area contributed by atoms with Crippen molar-refractivity contribution in [1.82, 2.24) is 10.6 Å². The van der Waals surface area contributed by atoms with Crippen molar-refractivity contribution >= 4 is 24.4 Å². The van der Waals surface area contributed by atoms with E-state index in [-0.39, 0.29) is 17.9 Å². The number of nitrogens with one attached hydrogen (secondary N) is 2. The fourth-order valence-electron chi connectivity index (χ4n) is 2.32. The van der Waals surface area contributed by atoms with Gasteiger partial charge in [0, 0.05) is 25.3 Å². The van der Waals surface area contributed by atoms with Crippen molar-refractivity contribution in [2.45, 2.75) is 70.8 Å². The van der Waals surface area contributed by atoms with Gasteiger partial charge in [0.05, 0.1) is 6.04 Å². The maximum absolute atomic E-state index is 11.5. The summed E-state index contributed by atoms with van der Waals surface area (Å²) in [5, 5.41) is 5.60. The van der Waals surface area contributed by atoms with Gasteiger partial charge in [-0.3, -0.25) is 9.59 Å². The number of carbonyl (C=O) groups is 2. The zero-order valence-corrected chi connectivity index (χ0v) is 16.4. The Morgan fingerprint density at radius 1 is 1.08 bits per heavy atom. The first-order chi connectivity index (χ1) is 12.1. The second-order valence-corrected chi connectivity index (χ2v) is 6.44. The SMILES string of the molecule is C=CC/C=C/NC(=O)CCCCCCCC/C=C/C(CS)NC(C)=O. The second-order valence-electron chi connectivity index (χ2n) is 6.07. The molecule has 0 aliphatic rings. The van der Waals surface area contributed by atoms with E-state index in [2.05, 4.69) is 35.9 Å². The Hall–Kier alpha value is -1.49. The number of hydrogen-bond donors (Lipinski definition) is 3. The van der Waals surface area contributed by atoms with Gasteiger partial charge >= 0.3 is 0 Å². The number of hydrogen-bond acceptors (Lipinski definition) is 3. The largest absolute Gasteiger partial charge is 0.349 e. The van der Waals surface area contributed by atoms with Crippen LogP contribution in [-0.2, 0) is 9.59 Å². The number of carbonyl (C=O) groups excluding carboxylic acids is 2. The highest BCUT2D eigenvalue weighted by Gasteiger charge is 2.02. The molecule has 0 aliphatic carbocycles. The van der Waals surface area contributed by atoms with Crippen LogP contribution in [0.5, 0.6) is 0 Å². The normalized spacial score (nSPS) is 12.4. The minimum Gasteiger partial charge on any atom is -0.349 e. The highest BCUT2D eigenvalue weighted by Crippen LogP contribution is 2.09. The van der Waals surface area contributed by atoms with Crippen molar-refractivity contribution in [2.24, 2.45) is 0 Å². The van der Waals surface area contributed by atoms with Crippen molar-refractivity contribution in [3.63, 3.8) is 0 Å². The van der Waals surface area contributed by atoms with Gasteiger partial charge in [-0.2, -0.15) is 12.6 Å². The van der Waals surface area contributed by atoms with Gasteiger partial charge in [0.25, 0.3) is 0 Å². The molecule has 0 aromatic rings. The maximum atomic E-state index is 11.5. The van der Waals surface area contributed by atoms with Gasteiger partial charge < -0.3 is 10.6 Å². The first kappa shape index (κ1) is 23.5. The highest BCUT2D eigenvalue weighted by atomic mass is 32.1. The molecule has 5 heteroatoms. The van der Waals surface area contributed by atoms with Gasteiger partial charge in [-0.15, -0.1) is 6.58 Å². The molecule has 2 N–H and O–H groups in total. The molecule has 0 spiro atoms. The molecule has 0 rings (SSSR count). The van der Waals surface area contributed by atoms with Gasteiger partial charge in [-0.05, 0) is 25.7 Å². The van der Waals surface area contributed by atoms with E-state index < -0.39 is 0 Å². The van der Waals surface area contributed by atoms with Crippen LogP contribution in [0.3, 0.4) is 0 Å². The topological polar surface area (TPSA) is 58.2 Å². The predicted octanol–water partition coefficient (Wildman–Crippen LogP) is 4.30. The lowest BCUT2D eigenvalue weighted by molar-refractivity contribution is -0.120. The molecule has 0 aromatic carbocycles. The molecule has 0 aromatic heterocycles. The van der Waals surface area contributed by atoms with E-state index in [0.717, 1.165) is 32.1 Å². The van der Waals surface area contributed by atoms with E-state index in [0.29, 0.717) is 12.2 Å². The number of allylic oxidation sites excluding steroid dienone is 3. The lowest BCUT2D eigenvalue weighted by Gasteiger charge is -2.09. The summed E-state index contributed by atoms with van der Waals surface area (Å²) in [5.74, 6) is 0.682. The van der Waals surface area contributed by atoms with Crippen molar-refractivity contribution in [3.8, 4) is 0 Å². The maximum Gasteiger partial charge on any atom is 0.223 e. The van der Waals surface area contributed by atoms with Crippen molar-refractivity contribution in [3.05, 3.63) is 37.1 Å². The lowest BCUT2D eigenvalue weighted by atomic mass is 10.1. The van der Waals surface area contributed by atoms with E-state index in [4.69, 9.17) is 0 Å². The summed E-state index contributed by atoms with van der Waals surface area (Å²) in [4.78, 5) is 22.5. The van der Waals surface area contributed by atoms with Crippen LogP contribution in [0.4, 0.5) is 0 Å². The van der Waals surface area contributed by atoms with Crippen LogP contribution in [0, 0.1) is 0 Å². The van der Waals surface area contributed by atoms with E-state index in [1.807, 2.05) is 12.2 Å². The number of rotatable bonds is 15. The van der Waals surface area contributed by atoms with Gasteiger partial charge in [0.2, 0.25) is 11.8 Å². The summed E-state index contributed by atoms with van der Waals surface area (Å²) in [6.07, 6.45) is 18.7. The van der Waals surface area contributed by atoms with Crippen LogP contribution in [0.25, 0.3) is 0 Å². The van der Waals surface area contributed by atoms with Crippen molar-refractivity contribution < 1.29 is 9.59 Å². The van der Waals surface area contributed by atoms with Gasteiger partial charge in [-0.1, -0.05) is 50.0 Å². The summed E-state index contributed by atoms with van der Waals surface area (Å²) in [6.45, 7) is 5.14. The molecule has 0 bridgehead atoms. The summed E-state index contributed by atoms with van der Waals surface area (Å²) in [6, 6.07) is 0.0265. The van der Waals surface area contributed by atoms with E-state index in [1.54, 1.807) is 12.3 Å². The Bertz CT molecular complexity index is 433. The monoisotopic (exact) mass is 366 g/mol. The average Bonchev–Trinajstić information content (AvgIpc) is 2.58. The third-order valence-corrected chi connectivity index (χ3v) is 4.04. The zero-order valence-electron chi connectivity index (χ0n) is 15.5. The Balaban J connectivity index is 3.48. The third kappa shape index (κ3) is 17.1. The van der Waals surface area contributed by atoms with Crippen LogP contribution < -0.4 is 10.6 Å². The van der Waals surface area contributed by atoms with Crippen LogP contribution in [0.15, 0.2) is 37.1 Å². The summed E-state index contributed by atoms with van der Waals surface area (Å²) in [7, 11) is 0. The Kier molecular flexibility index (Phi) is 16.3. The van der Waals surface area contributed by atoms with Crippen LogP contribution in [0.1, 0.15) is 64.7 Å². The Morgan fingerprint density at radius 3 is 2.40 bits per heavy atom. The Labute approximate surface area is 158 Å². The minimum atomic E-state index is -0.0230. The number of amides is 2. The van der Waals surface area contributed by atoms with Gasteiger partial charge in [-0.25, -0.2) is 0 Å². The van der Waals surface area contributed by atoms with Crippen LogP contribution in [0.2, 0.25) is 0 Å². The highest BCUT2D eigenvalue weighted by molar-refractivity contribution is 7.80. The molecule has 0 saturated heterocycles. The van der Waals surface area contributed by atoms with Crippen molar-refractivity contribution in [1.29, 1.82) is 0 Å². The van der Waals surface area contributed by atoms with E-state index in [1.165, 1.54) is 26.2 Å². The first-order valence-corrected chi connectivity index (χ1v) is 9.83. The van der Waals surface area contributed by atoms with Gasteiger partial charge in [0.15, 0.2) is 0 Å². The molecule has 0 fully saturated rings. The van der Waals surface area contributed by atoms with Crippen LogP contribution >= 0.6 is 12.6 Å². The quantitative estimate of drug-likeness (QED) is 0.230.